The summed E-state index contributed by atoms with van der Waals surface area (Å²) in [7, 11) is 0. The summed E-state index contributed by atoms with van der Waals surface area (Å²) >= 11 is 0. The molecule has 0 spiro atoms. The van der Waals surface area contributed by atoms with Crippen molar-refractivity contribution >= 4 is 11.6 Å². The third-order valence-corrected chi connectivity index (χ3v) is 3.45. The quantitative estimate of drug-likeness (QED) is 0.706. The number of rotatable bonds is 2. The zero-order valence-electron chi connectivity index (χ0n) is 11.3. The number of hydrogen-bond donors (Lipinski definition) is 0. The molecule has 0 aliphatic heterocycles. The van der Waals surface area contributed by atoms with Crippen molar-refractivity contribution in [3.8, 4) is 0 Å². The second-order valence-electron chi connectivity index (χ2n) is 6.07. The average Bonchev–Trinajstić information content (AvgIpc) is 2.74. The Morgan fingerprint density at radius 1 is 1.06 bits per heavy atom. The Morgan fingerprint density at radius 2 is 1.67 bits per heavy atom. The van der Waals surface area contributed by atoms with Gasteiger partial charge >= 0.3 is 0 Å². The van der Waals surface area contributed by atoms with E-state index in [1.165, 1.54) is 12.2 Å². The molecule has 0 amide bonds. The third-order valence-electron chi connectivity index (χ3n) is 3.45. The van der Waals surface area contributed by atoms with E-state index in [9.17, 15) is 9.59 Å². The van der Waals surface area contributed by atoms with Gasteiger partial charge in [0.1, 0.15) is 0 Å². The van der Waals surface area contributed by atoms with Crippen molar-refractivity contribution < 1.29 is 14.3 Å². The molecule has 98 valence electrons. The van der Waals surface area contributed by atoms with E-state index in [0.29, 0.717) is 5.57 Å². The lowest BCUT2D eigenvalue weighted by Crippen LogP contribution is -2.24. The van der Waals surface area contributed by atoms with Crippen LogP contribution in [0.1, 0.15) is 46.5 Å². The third kappa shape index (κ3) is 2.71. The molecule has 0 radical (unpaired) electrons. The van der Waals surface area contributed by atoms with Gasteiger partial charge < -0.3 is 4.74 Å². The highest BCUT2D eigenvalue weighted by molar-refractivity contribution is 6.19. The molecular weight excluding hydrogens is 228 g/mol. The van der Waals surface area contributed by atoms with Gasteiger partial charge in [-0.2, -0.15) is 0 Å². The lowest BCUT2D eigenvalue weighted by molar-refractivity contribution is -0.119. The molecule has 0 bridgehead atoms. The van der Waals surface area contributed by atoms with Crippen LogP contribution in [0.2, 0.25) is 0 Å². The van der Waals surface area contributed by atoms with Gasteiger partial charge in [-0.25, -0.2) is 0 Å². The van der Waals surface area contributed by atoms with Crippen LogP contribution in [0, 0.1) is 5.41 Å². The van der Waals surface area contributed by atoms with Crippen LogP contribution in [0.3, 0.4) is 0 Å². The van der Waals surface area contributed by atoms with Crippen LogP contribution in [0.4, 0.5) is 0 Å². The van der Waals surface area contributed by atoms with E-state index >= 15 is 0 Å². The predicted molar refractivity (Wildman–Crippen MR) is 69.0 cm³/mol. The monoisotopic (exact) mass is 248 g/mol. The van der Waals surface area contributed by atoms with E-state index in [0.717, 1.165) is 25.7 Å². The van der Waals surface area contributed by atoms with E-state index in [1.807, 2.05) is 20.8 Å². The van der Waals surface area contributed by atoms with Crippen molar-refractivity contribution in [2.75, 3.05) is 0 Å². The highest BCUT2D eigenvalue weighted by atomic mass is 16.5. The Bertz CT molecular complexity index is 429. The molecule has 0 aromatic carbocycles. The highest BCUT2D eigenvalue weighted by Gasteiger charge is 2.30. The Kier molecular flexibility index (Phi) is 3.42. The Hall–Kier alpha value is -1.38. The van der Waals surface area contributed by atoms with Crippen LogP contribution in [0.15, 0.2) is 23.5 Å². The van der Waals surface area contributed by atoms with Gasteiger partial charge in [0.25, 0.3) is 0 Å². The number of carbonyl (C=O) groups is 2. The summed E-state index contributed by atoms with van der Waals surface area (Å²) in [6, 6.07) is 0. The fourth-order valence-corrected chi connectivity index (χ4v) is 2.41. The normalized spacial score (nSPS) is 21.9. The molecule has 1 saturated carbocycles. The van der Waals surface area contributed by atoms with Gasteiger partial charge in [-0.1, -0.05) is 20.8 Å². The van der Waals surface area contributed by atoms with Gasteiger partial charge in [-0.05, 0) is 37.2 Å². The molecular formula is C15H20O3. The van der Waals surface area contributed by atoms with E-state index in [4.69, 9.17) is 4.74 Å². The van der Waals surface area contributed by atoms with Crippen molar-refractivity contribution in [1.82, 2.24) is 0 Å². The average molecular weight is 248 g/mol. The zero-order valence-corrected chi connectivity index (χ0v) is 11.3. The van der Waals surface area contributed by atoms with Gasteiger partial charge in [0.15, 0.2) is 11.5 Å². The first-order valence-electron chi connectivity index (χ1n) is 6.57. The summed E-state index contributed by atoms with van der Waals surface area (Å²) in [6.45, 7) is 5.79. The smallest absolute Gasteiger partial charge is 0.220 e. The molecule has 0 saturated heterocycles. The molecule has 18 heavy (non-hydrogen) atoms. The van der Waals surface area contributed by atoms with Crippen molar-refractivity contribution in [2.45, 2.75) is 52.6 Å². The summed E-state index contributed by atoms with van der Waals surface area (Å²) in [5.74, 6) is -0.0542. The van der Waals surface area contributed by atoms with Gasteiger partial charge in [0, 0.05) is 11.6 Å². The van der Waals surface area contributed by atoms with Gasteiger partial charge in [0.05, 0.1) is 6.10 Å². The number of carbonyl (C=O) groups excluding carboxylic acids is 2. The van der Waals surface area contributed by atoms with Crippen LogP contribution in [0.5, 0.6) is 0 Å². The maximum Gasteiger partial charge on any atom is 0.220 e. The molecule has 0 heterocycles. The van der Waals surface area contributed by atoms with Crippen molar-refractivity contribution in [3.05, 3.63) is 23.5 Å². The second-order valence-corrected chi connectivity index (χ2v) is 6.07. The Balaban J connectivity index is 2.12. The van der Waals surface area contributed by atoms with E-state index in [2.05, 4.69) is 0 Å². The second kappa shape index (κ2) is 4.71. The fourth-order valence-electron chi connectivity index (χ4n) is 2.41. The van der Waals surface area contributed by atoms with Crippen molar-refractivity contribution in [1.29, 1.82) is 0 Å². The van der Waals surface area contributed by atoms with E-state index in [1.54, 1.807) is 0 Å². The largest absolute Gasteiger partial charge is 0.486 e. The minimum Gasteiger partial charge on any atom is -0.486 e. The summed E-state index contributed by atoms with van der Waals surface area (Å²) in [5.41, 5.74) is 0.258. The first-order chi connectivity index (χ1) is 8.38. The molecule has 0 N–H and O–H groups in total. The maximum absolute atomic E-state index is 12.0. The molecule has 0 aromatic heterocycles. The number of allylic oxidation sites excluding steroid dienone is 3. The SMILES string of the molecule is CC(C)(C)C1=CC(=O)C(OC2CCCC2)=CC1=O. The van der Waals surface area contributed by atoms with E-state index in [-0.39, 0.29) is 28.8 Å². The topological polar surface area (TPSA) is 43.4 Å². The van der Waals surface area contributed by atoms with Crippen LogP contribution < -0.4 is 0 Å². The molecule has 3 nitrogen and oxygen atoms in total. The number of hydrogen-bond acceptors (Lipinski definition) is 3. The minimum absolute atomic E-state index is 0.102. The van der Waals surface area contributed by atoms with Gasteiger partial charge in [-0.3, -0.25) is 9.59 Å². The zero-order chi connectivity index (χ0) is 13.3. The molecule has 1 fully saturated rings. The Morgan fingerprint density at radius 3 is 2.22 bits per heavy atom. The molecule has 2 aliphatic rings. The summed E-state index contributed by atoms with van der Waals surface area (Å²) < 4.78 is 5.64. The maximum atomic E-state index is 12.0. The van der Waals surface area contributed by atoms with Crippen molar-refractivity contribution in [3.63, 3.8) is 0 Å². The highest BCUT2D eigenvalue weighted by Crippen LogP contribution is 2.31. The van der Waals surface area contributed by atoms with Crippen LogP contribution in [-0.4, -0.2) is 17.7 Å². The van der Waals surface area contributed by atoms with Gasteiger partial charge in [-0.15, -0.1) is 0 Å². The summed E-state index contributed by atoms with van der Waals surface area (Å²) in [6.07, 6.45) is 7.15. The van der Waals surface area contributed by atoms with Crippen LogP contribution >= 0.6 is 0 Å². The molecule has 0 atom stereocenters. The molecule has 2 rings (SSSR count). The summed E-state index contributed by atoms with van der Waals surface area (Å²) in [5, 5.41) is 0. The van der Waals surface area contributed by atoms with Crippen molar-refractivity contribution in [2.24, 2.45) is 5.41 Å². The predicted octanol–water partition coefficient (Wildman–Crippen LogP) is 2.95. The van der Waals surface area contributed by atoms with E-state index < -0.39 is 0 Å². The lowest BCUT2D eigenvalue weighted by atomic mass is 9.81. The molecule has 2 aliphatic carbocycles. The first-order valence-corrected chi connectivity index (χ1v) is 6.57. The fraction of sp³-hybridized carbons (Fsp3) is 0.600. The molecule has 0 aromatic rings. The number of ether oxygens (including phenoxy) is 1. The molecule has 3 heteroatoms. The standard InChI is InChI=1S/C15H20O3/c1-15(2,3)11-8-13(17)14(9-12(11)16)18-10-6-4-5-7-10/h8-10H,4-7H2,1-3H3. The number of ketones is 2. The lowest BCUT2D eigenvalue weighted by Gasteiger charge is -2.24. The van der Waals surface area contributed by atoms with Gasteiger partial charge in [0.2, 0.25) is 5.78 Å². The van der Waals surface area contributed by atoms with Crippen LogP contribution in [0.25, 0.3) is 0 Å². The molecule has 0 unspecified atom stereocenters. The minimum atomic E-state index is -0.303. The first kappa shape index (κ1) is 13.1. The Labute approximate surface area is 108 Å². The van der Waals surface area contributed by atoms with Crippen LogP contribution in [-0.2, 0) is 14.3 Å². The summed E-state index contributed by atoms with van der Waals surface area (Å²) in [4.78, 5) is 24.0.